The van der Waals surface area contributed by atoms with E-state index in [2.05, 4.69) is 5.32 Å². The average Bonchev–Trinajstić information content (AvgIpc) is 2.32. The smallest absolute Gasteiger partial charge is 0.227 e. The normalized spacial score (nSPS) is 23.7. The minimum Gasteiger partial charge on any atom is -0.328 e. The Balaban J connectivity index is 2.02. The van der Waals surface area contributed by atoms with E-state index in [1.54, 1.807) is 18.2 Å². The molecular weight excluding hydrogens is 271 g/mol. The van der Waals surface area contributed by atoms with E-state index in [0.29, 0.717) is 15.7 Å². The number of amides is 1. The Bertz CT molecular complexity index is 451. The van der Waals surface area contributed by atoms with Crippen LogP contribution in [0.4, 0.5) is 5.69 Å². The van der Waals surface area contributed by atoms with Crippen LogP contribution < -0.4 is 11.1 Å². The molecule has 0 saturated heterocycles. The van der Waals surface area contributed by atoms with Crippen LogP contribution in [0, 0.1) is 5.92 Å². The zero-order valence-electron chi connectivity index (χ0n) is 9.96. The molecule has 2 atom stereocenters. The number of nitrogens with two attached hydrogens (primary N) is 1. The van der Waals surface area contributed by atoms with Gasteiger partial charge in [-0.05, 0) is 37.5 Å². The van der Waals surface area contributed by atoms with Gasteiger partial charge in [-0.3, -0.25) is 4.79 Å². The van der Waals surface area contributed by atoms with Crippen LogP contribution in [0.5, 0.6) is 0 Å². The molecule has 1 saturated carbocycles. The lowest BCUT2D eigenvalue weighted by atomic mass is 9.85. The van der Waals surface area contributed by atoms with Crippen molar-refractivity contribution in [3.63, 3.8) is 0 Å². The fraction of sp³-hybridized carbons (Fsp3) is 0.462. The van der Waals surface area contributed by atoms with E-state index in [0.717, 1.165) is 25.7 Å². The van der Waals surface area contributed by atoms with Gasteiger partial charge in [0.2, 0.25) is 5.91 Å². The Morgan fingerprint density at radius 3 is 2.78 bits per heavy atom. The standard InChI is InChI=1S/C13H16Cl2N2O/c14-9-4-5-12(11(15)7-9)17-13(18)8-2-1-3-10(16)6-8/h4-5,7-8,10H,1-3,6,16H2,(H,17,18). The zero-order chi connectivity index (χ0) is 13.1. The number of carbonyl (C=O) groups excluding carboxylic acids is 1. The van der Waals surface area contributed by atoms with Gasteiger partial charge in [0.05, 0.1) is 10.7 Å². The quantitative estimate of drug-likeness (QED) is 0.875. The maximum Gasteiger partial charge on any atom is 0.227 e. The molecular formula is C13H16Cl2N2O. The highest BCUT2D eigenvalue weighted by Crippen LogP contribution is 2.28. The van der Waals surface area contributed by atoms with Gasteiger partial charge in [0, 0.05) is 17.0 Å². The summed E-state index contributed by atoms with van der Waals surface area (Å²) in [5, 5.41) is 3.85. The van der Waals surface area contributed by atoms with Crippen molar-refractivity contribution in [3.05, 3.63) is 28.2 Å². The average molecular weight is 287 g/mol. The number of benzene rings is 1. The van der Waals surface area contributed by atoms with Crippen molar-refractivity contribution < 1.29 is 4.79 Å². The summed E-state index contributed by atoms with van der Waals surface area (Å²) in [6, 6.07) is 5.17. The lowest BCUT2D eigenvalue weighted by molar-refractivity contribution is -0.120. The van der Waals surface area contributed by atoms with E-state index < -0.39 is 0 Å². The number of hydrogen-bond acceptors (Lipinski definition) is 2. The molecule has 5 heteroatoms. The molecule has 2 rings (SSSR count). The molecule has 98 valence electrons. The third kappa shape index (κ3) is 3.37. The van der Waals surface area contributed by atoms with Crippen molar-refractivity contribution >= 4 is 34.8 Å². The maximum atomic E-state index is 12.1. The molecule has 1 fully saturated rings. The van der Waals surface area contributed by atoms with Crippen LogP contribution in [0.2, 0.25) is 10.0 Å². The van der Waals surface area contributed by atoms with E-state index in [1.165, 1.54) is 0 Å². The van der Waals surface area contributed by atoms with Gasteiger partial charge in [0.15, 0.2) is 0 Å². The first-order chi connectivity index (χ1) is 8.56. The minimum absolute atomic E-state index is 0.00521. The van der Waals surface area contributed by atoms with Crippen molar-refractivity contribution in [2.45, 2.75) is 31.7 Å². The first-order valence-corrected chi connectivity index (χ1v) is 6.83. The minimum atomic E-state index is -0.0134. The fourth-order valence-corrected chi connectivity index (χ4v) is 2.75. The molecule has 1 aliphatic rings. The molecule has 0 radical (unpaired) electrons. The number of carbonyl (C=O) groups is 1. The molecule has 1 aromatic rings. The molecule has 0 heterocycles. The van der Waals surface area contributed by atoms with Crippen LogP contribution >= 0.6 is 23.2 Å². The summed E-state index contributed by atoms with van der Waals surface area (Å²) < 4.78 is 0. The predicted molar refractivity (Wildman–Crippen MR) is 75.0 cm³/mol. The number of halogens is 2. The summed E-state index contributed by atoms with van der Waals surface area (Å²) in [4.78, 5) is 12.1. The van der Waals surface area contributed by atoms with Crippen LogP contribution in [-0.2, 0) is 4.79 Å². The Morgan fingerprint density at radius 2 is 2.11 bits per heavy atom. The van der Waals surface area contributed by atoms with Crippen LogP contribution in [0.3, 0.4) is 0 Å². The topological polar surface area (TPSA) is 55.1 Å². The van der Waals surface area contributed by atoms with E-state index in [1.807, 2.05) is 0 Å². The molecule has 1 aromatic carbocycles. The van der Waals surface area contributed by atoms with Gasteiger partial charge in [0.1, 0.15) is 0 Å². The summed E-state index contributed by atoms with van der Waals surface area (Å²) in [5.74, 6) is -0.0186. The number of nitrogens with one attached hydrogen (secondary N) is 1. The highest BCUT2D eigenvalue weighted by Gasteiger charge is 2.25. The van der Waals surface area contributed by atoms with Gasteiger partial charge in [-0.1, -0.05) is 29.6 Å². The molecule has 0 aromatic heterocycles. The van der Waals surface area contributed by atoms with Crippen LogP contribution in [0.25, 0.3) is 0 Å². The highest BCUT2D eigenvalue weighted by atomic mass is 35.5. The molecule has 2 unspecified atom stereocenters. The monoisotopic (exact) mass is 286 g/mol. The van der Waals surface area contributed by atoms with Gasteiger partial charge in [-0.2, -0.15) is 0 Å². The molecule has 0 bridgehead atoms. The van der Waals surface area contributed by atoms with E-state index in [-0.39, 0.29) is 17.9 Å². The van der Waals surface area contributed by atoms with Crippen molar-refractivity contribution in [1.29, 1.82) is 0 Å². The molecule has 3 nitrogen and oxygen atoms in total. The van der Waals surface area contributed by atoms with Gasteiger partial charge in [-0.25, -0.2) is 0 Å². The molecule has 1 amide bonds. The highest BCUT2D eigenvalue weighted by molar-refractivity contribution is 6.36. The van der Waals surface area contributed by atoms with Crippen molar-refractivity contribution in [2.24, 2.45) is 11.7 Å². The molecule has 3 N–H and O–H groups in total. The number of anilines is 1. The van der Waals surface area contributed by atoms with Crippen LogP contribution in [0.1, 0.15) is 25.7 Å². The summed E-state index contributed by atoms with van der Waals surface area (Å²) >= 11 is 11.8. The summed E-state index contributed by atoms with van der Waals surface area (Å²) in [6.45, 7) is 0. The predicted octanol–water partition coefficient (Wildman–Crippen LogP) is 3.45. The van der Waals surface area contributed by atoms with E-state index in [4.69, 9.17) is 28.9 Å². The van der Waals surface area contributed by atoms with Gasteiger partial charge < -0.3 is 11.1 Å². The zero-order valence-corrected chi connectivity index (χ0v) is 11.5. The van der Waals surface area contributed by atoms with Crippen LogP contribution in [0.15, 0.2) is 18.2 Å². The van der Waals surface area contributed by atoms with Gasteiger partial charge in [0.25, 0.3) is 0 Å². The van der Waals surface area contributed by atoms with Crippen molar-refractivity contribution in [3.8, 4) is 0 Å². The van der Waals surface area contributed by atoms with Crippen LogP contribution in [-0.4, -0.2) is 11.9 Å². The summed E-state index contributed by atoms with van der Waals surface area (Å²) in [5.41, 5.74) is 6.48. The van der Waals surface area contributed by atoms with Crippen molar-refractivity contribution in [1.82, 2.24) is 0 Å². The SMILES string of the molecule is NC1CCCC(C(=O)Nc2ccc(Cl)cc2Cl)C1. The fourth-order valence-electron chi connectivity index (χ4n) is 2.29. The van der Waals surface area contributed by atoms with E-state index in [9.17, 15) is 4.79 Å². The Hall–Kier alpha value is -0.770. The lowest BCUT2D eigenvalue weighted by Crippen LogP contribution is -2.34. The third-order valence-electron chi connectivity index (χ3n) is 3.27. The third-order valence-corrected chi connectivity index (χ3v) is 3.82. The Kier molecular flexibility index (Phi) is 4.49. The second-order valence-electron chi connectivity index (χ2n) is 4.74. The number of rotatable bonds is 2. The molecule has 0 aliphatic heterocycles. The first kappa shape index (κ1) is 13.7. The first-order valence-electron chi connectivity index (χ1n) is 6.08. The molecule has 1 aliphatic carbocycles. The molecule has 0 spiro atoms. The Labute approximate surface area is 117 Å². The lowest BCUT2D eigenvalue weighted by Gasteiger charge is -2.25. The summed E-state index contributed by atoms with van der Waals surface area (Å²) in [7, 11) is 0. The molecule has 18 heavy (non-hydrogen) atoms. The Morgan fingerprint density at radius 1 is 1.33 bits per heavy atom. The largest absolute Gasteiger partial charge is 0.328 e. The van der Waals surface area contributed by atoms with Gasteiger partial charge in [-0.15, -0.1) is 0 Å². The second-order valence-corrected chi connectivity index (χ2v) is 5.58. The maximum absolute atomic E-state index is 12.1. The number of hydrogen-bond donors (Lipinski definition) is 2. The van der Waals surface area contributed by atoms with E-state index >= 15 is 0 Å². The summed E-state index contributed by atoms with van der Waals surface area (Å²) in [6.07, 6.45) is 3.65. The van der Waals surface area contributed by atoms with Crippen molar-refractivity contribution in [2.75, 3.05) is 5.32 Å². The van der Waals surface area contributed by atoms with Gasteiger partial charge >= 0.3 is 0 Å². The second kappa shape index (κ2) is 5.91.